The summed E-state index contributed by atoms with van der Waals surface area (Å²) in [6.07, 6.45) is 0.0435. The number of hydrogen-bond donors (Lipinski definition) is 1. The summed E-state index contributed by atoms with van der Waals surface area (Å²) >= 11 is 0. The number of esters is 1. The number of benzene rings is 2. The van der Waals surface area contributed by atoms with Gasteiger partial charge in [-0.1, -0.05) is 18.2 Å². The largest absolute Gasteiger partial charge is 0.455 e. The fraction of sp³-hybridized carbons (Fsp3) is 0.227. The predicted octanol–water partition coefficient (Wildman–Crippen LogP) is 2.94. The van der Waals surface area contributed by atoms with Crippen LogP contribution in [0.1, 0.15) is 17.0 Å². The van der Waals surface area contributed by atoms with Gasteiger partial charge in [-0.05, 0) is 38.1 Å². The number of fused-ring (bicyclic) bond motifs is 1. The molecule has 154 valence electrons. The van der Waals surface area contributed by atoms with E-state index < -0.39 is 11.9 Å². The van der Waals surface area contributed by atoms with Crippen LogP contribution in [0.2, 0.25) is 0 Å². The maximum Gasteiger partial charge on any atom is 0.310 e. The van der Waals surface area contributed by atoms with Crippen LogP contribution in [-0.4, -0.2) is 35.1 Å². The Morgan fingerprint density at radius 1 is 1.10 bits per heavy atom. The standard InChI is InChI=1S/C22H21N3O5/c1-14-18(15(2)25(24-14)17-6-4-3-5-7-17)11-22(27)28-12-21(26)23-16-8-9-19-20(10-16)30-13-29-19/h3-10H,11-13H2,1-2H3,(H,23,26). The predicted molar refractivity (Wildman–Crippen MR) is 109 cm³/mol. The number of nitrogens with one attached hydrogen (secondary N) is 1. The van der Waals surface area contributed by atoms with Crippen LogP contribution >= 0.6 is 0 Å². The summed E-state index contributed by atoms with van der Waals surface area (Å²) < 4.78 is 17.5. The third-order valence-electron chi connectivity index (χ3n) is 4.78. The zero-order chi connectivity index (χ0) is 21.1. The molecule has 0 aliphatic carbocycles. The Kier molecular flexibility index (Phi) is 5.38. The van der Waals surface area contributed by atoms with Crippen LogP contribution in [-0.2, 0) is 20.7 Å². The van der Waals surface area contributed by atoms with Crippen LogP contribution < -0.4 is 14.8 Å². The van der Waals surface area contributed by atoms with Gasteiger partial charge >= 0.3 is 5.97 Å². The van der Waals surface area contributed by atoms with Crippen LogP contribution in [0.5, 0.6) is 11.5 Å². The van der Waals surface area contributed by atoms with Gasteiger partial charge in [0, 0.05) is 23.0 Å². The molecule has 1 aliphatic rings. The van der Waals surface area contributed by atoms with Crippen LogP contribution in [0, 0.1) is 13.8 Å². The molecule has 0 unspecified atom stereocenters. The highest BCUT2D eigenvalue weighted by molar-refractivity contribution is 5.93. The summed E-state index contributed by atoms with van der Waals surface area (Å²) in [4.78, 5) is 24.4. The van der Waals surface area contributed by atoms with Crippen LogP contribution in [0.4, 0.5) is 5.69 Å². The maximum absolute atomic E-state index is 12.3. The first-order chi connectivity index (χ1) is 14.5. The number of amides is 1. The average Bonchev–Trinajstić information content (AvgIpc) is 3.32. The molecule has 2 heterocycles. The molecule has 0 fully saturated rings. The van der Waals surface area contributed by atoms with Crippen molar-refractivity contribution in [1.82, 2.24) is 9.78 Å². The first-order valence-corrected chi connectivity index (χ1v) is 9.47. The average molecular weight is 407 g/mol. The lowest BCUT2D eigenvalue weighted by atomic mass is 10.1. The number of aryl methyl sites for hydroxylation is 1. The van der Waals surface area contributed by atoms with E-state index in [0.717, 1.165) is 22.6 Å². The van der Waals surface area contributed by atoms with Gasteiger partial charge in [0.2, 0.25) is 6.79 Å². The fourth-order valence-electron chi connectivity index (χ4n) is 3.26. The molecule has 8 nitrogen and oxygen atoms in total. The van der Waals surface area contributed by atoms with Crippen molar-refractivity contribution in [2.45, 2.75) is 20.3 Å². The normalized spacial score (nSPS) is 11.9. The zero-order valence-electron chi connectivity index (χ0n) is 16.7. The molecule has 1 amide bonds. The third-order valence-corrected chi connectivity index (χ3v) is 4.78. The molecule has 0 saturated heterocycles. The monoisotopic (exact) mass is 407 g/mol. The first-order valence-electron chi connectivity index (χ1n) is 9.47. The van der Waals surface area contributed by atoms with Crippen molar-refractivity contribution in [3.63, 3.8) is 0 Å². The quantitative estimate of drug-likeness (QED) is 0.632. The molecule has 4 rings (SSSR count). The summed E-state index contributed by atoms with van der Waals surface area (Å²) in [5.41, 5.74) is 3.86. The van der Waals surface area contributed by atoms with E-state index in [1.165, 1.54) is 0 Å². The molecule has 8 heteroatoms. The summed E-state index contributed by atoms with van der Waals surface area (Å²) in [7, 11) is 0. The Hall–Kier alpha value is -3.81. The lowest BCUT2D eigenvalue weighted by Gasteiger charge is -2.08. The van der Waals surface area contributed by atoms with E-state index in [0.29, 0.717) is 17.2 Å². The topological polar surface area (TPSA) is 91.7 Å². The summed E-state index contributed by atoms with van der Waals surface area (Å²) in [6.45, 7) is 3.53. The van der Waals surface area contributed by atoms with Gasteiger partial charge in [0.25, 0.3) is 5.91 Å². The van der Waals surface area contributed by atoms with Gasteiger partial charge in [-0.3, -0.25) is 9.59 Å². The number of rotatable bonds is 6. The number of nitrogens with zero attached hydrogens (tertiary/aromatic N) is 2. The molecule has 0 radical (unpaired) electrons. The molecule has 3 aromatic rings. The van der Waals surface area contributed by atoms with Crippen LogP contribution in [0.25, 0.3) is 5.69 Å². The van der Waals surface area contributed by atoms with Gasteiger partial charge in [-0.15, -0.1) is 0 Å². The van der Waals surface area contributed by atoms with Crippen molar-refractivity contribution in [3.05, 3.63) is 65.5 Å². The Bertz CT molecular complexity index is 1090. The molecule has 1 N–H and O–H groups in total. The first kappa shape index (κ1) is 19.5. The summed E-state index contributed by atoms with van der Waals surface area (Å²) in [6, 6.07) is 14.7. The minimum atomic E-state index is -0.491. The Morgan fingerprint density at radius 3 is 2.67 bits per heavy atom. The van der Waals surface area contributed by atoms with Gasteiger partial charge in [0.1, 0.15) is 0 Å². The number of hydrogen-bond acceptors (Lipinski definition) is 6. The van der Waals surface area contributed by atoms with E-state index in [1.54, 1.807) is 22.9 Å². The molecular formula is C22H21N3O5. The Balaban J connectivity index is 1.34. The van der Waals surface area contributed by atoms with E-state index in [9.17, 15) is 9.59 Å². The minimum absolute atomic E-state index is 0.0435. The third kappa shape index (κ3) is 4.12. The molecule has 0 atom stereocenters. The molecule has 2 aromatic carbocycles. The molecule has 0 saturated carbocycles. The van der Waals surface area contributed by atoms with Crippen molar-refractivity contribution in [1.29, 1.82) is 0 Å². The smallest absolute Gasteiger partial charge is 0.310 e. The minimum Gasteiger partial charge on any atom is -0.455 e. The van der Waals surface area contributed by atoms with Gasteiger partial charge in [0.15, 0.2) is 18.1 Å². The van der Waals surface area contributed by atoms with Gasteiger partial charge in [0.05, 0.1) is 17.8 Å². The summed E-state index contributed by atoms with van der Waals surface area (Å²) in [5.74, 6) is 0.262. The van der Waals surface area contributed by atoms with Crippen LogP contribution in [0.15, 0.2) is 48.5 Å². The molecule has 30 heavy (non-hydrogen) atoms. The van der Waals surface area contributed by atoms with Crippen molar-refractivity contribution in [2.24, 2.45) is 0 Å². The van der Waals surface area contributed by atoms with Gasteiger partial charge in [-0.2, -0.15) is 5.10 Å². The number of carbonyl (C=O) groups excluding carboxylic acids is 2. The highest BCUT2D eigenvalue weighted by Crippen LogP contribution is 2.34. The van der Waals surface area contributed by atoms with Crippen molar-refractivity contribution in [3.8, 4) is 17.2 Å². The van der Waals surface area contributed by atoms with E-state index in [2.05, 4.69) is 10.4 Å². The second-order valence-electron chi connectivity index (χ2n) is 6.85. The van der Waals surface area contributed by atoms with E-state index in [4.69, 9.17) is 14.2 Å². The van der Waals surface area contributed by atoms with E-state index >= 15 is 0 Å². The van der Waals surface area contributed by atoms with Crippen molar-refractivity contribution < 1.29 is 23.8 Å². The Labute approximate surface area is 173 Å². The molecular weight excluding hydrogens is 386 g/mol. The number of para-hydroxylation sites is 1. The zero-order valence-corrected chi connectivity index (χ0v) is 16.7. The number of carbonyl (C=O) groups is 2. The second-order valence-corrected chi connectivity index (χ2v) is 6.85. The number of aromatic nitrogens is 2. The SMILES string of the molecule is Cc1nn(-c2ccccc2)c(C)c1CC(=O)OCC(=O)Nc1ccc2c(c1)OCO2. The Morgan fingerprint density at radius 2 is 1.87 bits per heavy atom. The molecule has 1 aromatic heterocycles. The van der Waals surface area contributed by atoms with E-state index in [1.807, 2.05) is 44.2 Å². The van der Waals surface area contributed by atoms with Crippen molar-refractivity contribution in [2.75, 3.05) is 18.7 Å². The highest BCUT2D eigenvalue weighted by atomic mass is 16.7. The lowest BCUT2D eigenvalue weighted by Crippen LogP contribution is -2.21. The highest BCUT2D eigenvalue weighted by Gasteiger charge is 2.18. The molecule has 1 aliphatic heterocycles. The number of anilines is 1. The lowest BCUT2D eigenvalue weighted by molar-refractivity contribution is -0.146. The second kappa shape index (κ2) is 8.28. The molecule has 0 spiro atoms. The summed E-state index contributed by atoms with van der Waals surface area (Å²) in [5, 5.41) is 7.19. The van der Waals surface area contributed by atoms with Crippen molar-refractivity contribution >= 4 is 17.6 Å². The van der Waals surface area contributed by atoms with Gasteiger partial charge in [-0.25, -0.2) is 4.68 Å². The van der Waals surface area contributed by atoms with E-state index in [-0.39, 0.29) is 19.8 Å². The maximum atomic E-state index is 12.3. The fourth-order valence-corrected chi connectivity index (χ4v) is 3.26. The molecule has 0 bridgehead atoms. The number of ether oxygens (including phenoxy) is 3. The van der Waals surface area contributed by atoms with Gasteiger partial charge < -0.3 is 19.5 Å². The van der Waals surface area contributed by atoms with Crippen LogP contribution in [0.3, 0.4) is 0 Å².